The van der Waals surface area contributed by atoms with Gasteiger partial charge in [-0.2, -0.15) is 0 Å². The third-order valence-electron chi connectivity index (χ3n) is 6.94. The van der Waals surface area contributed by atoms with Crippen LogP contribution in [0.15, 0.2) is 0 Å². The maximum atomic E-state index is 4.77. The third-order valence-corrected chi connectivity index (χ3v) is 6.94. The highest BCUT2D eigenvalue weighted by molar-refractivity contribution is 5.21. The Morgan fingerprint density at radius 3 is 2.57 bits per heavy atom. The lowest BCUT2D eigenvalue weighted by Crippen LogP contribution is -2.53. The van der Waals surface area contributed by atoms with Gasteiger partial charge < -0.3 is 4.57 Å². The van der Waals surface area contributed by atoms with E-state index in [0.717, 1.165) is 18.3 Å². The third kappa shape index (κ3) is 1.78. The molecule has 0 saturated heterocycles. The van der Waals surface area contributed by atoms with Gasteiger partial charge in [0.05, 0.1) is 0 Å². The van der Waals surface area contributed by atoms with Crippen molar-refractivity contribution in [3.05, 3.63) is 11.6 Å². The molecule has 4 aliphatic carbocycles. The molecule has 0 N–H and O–H groups in total. The average molecular weight is 285 g/mol. The SMILES string of the molecule is CC12CC3CC(C1)CC(c1nnc4n1CCCCC4)(C3)C2. The number of hydrogen-bond acceptors (Lipinski definition) is 2. The molecule has 2 heterocycles. The van der Waals surface area contributed by atoms with Gasteiger partial charge >= 0.3 is 0 Å². The van der Waals surface area contributed by atoms with E-state index in [1.54, 1.807) is 0 Å². The molecule has 0 spiro atoms. The van der Waals surface area contributed by atoms with Crippen molar-refractivity contribution >= 4 is 0 Å². The second kappa shape index (κ2) is 4.11. The lowest BCUT2D eigenvalue weighted by atomic mass is 9.44. The molecule has 0 amide bonds. The summed E-state index contributed by atoms with van der Waals surface area (Å²) in [6.45, 7) is 3.73. The summed E-state index contributed by atoms with van der Waals surface area (Å²) in [6, 6.07) is 0. The number of aromatic nitrogens is 3. The summed E-state index contributed by atoms with van der Waals surface area (Å²) in [6.07, 6.45) is 13.8. The molecule has 21 heavy (non-hydrogen) atoms. The number of hydrogen-bond donors (Lipinski definition) is 0. The zero-order chi connectivity index (χ0) is 14.1. The van der Waals surface area contributed by atoms with Crippen LogP contribution in [0.1, 0.15) is 76.4 Å². The Morgan fingerprint density at radius 1 is 1.00 bits per heavy atom. The standard InChI is InChI=1S/C18H27N3/c1-17-8-13-7-14(9-17)11-18(10-13,12-17)16-20-19-15-5-3-2-4-6-21(15)16/h13-14H,2-12H2,1H3. The lowest BCUT2D eigenvalue weighted by molar-refractivity contribution is -0.0661. The summed E-state index contributed by atoms with van der Waals surface area (Å²) in [5, 5.41) is 9.38. The zero-order valence-electron chi connectivity index (χ0n) is 13.3. The maximum absolute atomic E-state index is 4.77. The van der Waals surface area contributed by atoms with Gasteiger partial charge in [-0.25, -0.2) is 0 Å². The summed E-state index contributed by atoms with van der Waals surface area (Å²) >= 11 is 0. The van der Waals surface area contributed by atoms with E-state index in [0.29, 0.717) is 10.8 Å². The molecule has 4 saturated carbocycles. The fourth-order valence-electron chi connectivity index (χ4n) is 6.86. The fourth-order valence-corrected chi connectivity index (χ4v) is 6.86. The topological polar surface area (TPSA) is 30.7 Å². The number of aryl methyl sites for hydroxylation is 1. The molecule has 5 aliphatic rings. The molecule has 3 heteroatoms. The van der Waals surface area contributed by atoms with Crippen molar-refractivity contribution in [2.75, 3.05) is 0 Å². The fraction of sp³-hybridized carbons (Fsp3) is 0.889. The second-order valence-corrected chi connectivity index (χ2v) is 8.95. The van der Waals surface area contributed by atoms with Crippen molar-refractivity contribution in [3.63, 3.8) is 0 Å². The summed E-state index contributed by atoms with van der Waals surface area (Å²) in [4.78, 5) is 0. The smallest absolute Gasteiger partial charge is 0.139 e. The minimum Gasteiger partial charge on any atom is -0.315 e. The van der Waals surface area contributed by atoms with Crippen LogP contribution in [0.3, 0.4) is 0 Å². The van der Waals surface area contributed by atoms with E-state index in [1.165, 1.54) is 76.0 Å². The first kappa shape index (κ1) is 12.7. The Balaban J connectivity index is 1.59. The quantitative estimate of drug-likeness (QED) is 0.784. The Bertz CT molecular complexity index is 559. The van der Waals surface area contributed by atoms with Crippen LogP contribution in [0, 0.1) is 17.3 Å². The van der Waals surface area contributed by atoms with Gasteiger partial charge in [0.2, 0.25) is 0 Å². The first-order valence-corrected chi connectivity index (χ1v) is 9.09. The summed E-state index contributed by atoms with van der Waals surface area (Å²) in [5.74, 6) is 4.60. The molecule has 4 bridgehead atoms. The van der Waals surface area contributed by atoms with Gasteiger partial charge in [-0.05, 0) is 68.6 Å². The van der Waals surface area contributed by atoms with Crippen LogP contribution in [-0.4, -0.2) is 14.8 Å². The van der Waals surface area contributed by atoms with Crippen molar-refractivity contribution in [1.29, 1.82) is 0 Å². The van der Waals surface area contributed by atoms with Gasteiger partial charge in [-0.15, -0.1) is 10.2 Å². The van der Waals surface area contributed by atoms with Gasteiger partial charge in [0, 0.05) is 18.4 Å². The Hall–Kier alpha value is -0.860. The average Bonchev–Trinajstić information content (AvgIpc) is 2.67. The molecule has 0 aromatic carbocycles. The summed E-state index contributed by atoms with van der Waals surface area (Å²) in [7, 11) is 0. The van der Waals surface area contributed by atoms with Gasteiger partial charge in [0.1, 0.15) is 11.6 Å². The molecular weight excluding hydrogens is 258 g/mol. The highest BCUT2D eigenvalue weighted by Gasteiger charge is 2.58. The molecule has 0 radical (unpaired) electrons. The zero-order valence-corrected chi connectivity index (χ0v) is 13.3. The molecule has 3 nitrogen and oxygen atoms in total. The van der Waals surface area contributed by atoms with E-state index in [9.17, 15) is 0 Å². The van der Waals surface area contributed by atoms with Crippen molar-refractivity contribution in [2.24, 2.45) is 17.3 Å². The number of nitrogens with zero attached hydrogens (tertiary/aromatic N) is 3. The highest BCUT2D eigenvalue weighted by Crippen LogP contribution is 2.65. The molecule has 1 aromatic rings. The predicted molar refractivity (Wildman–Crippen MR) is 82.0 cm³/mol. The van der Waals surface area contributed by atoms with E-state index in [-0.39, 0.29) is 0 Å². The van der Waals surface area contributed by atoms with E-state index in [1.807, 2.05) is 0 Å². The predicted octanol–water partition coefficient (Wildman–Crippen LogP) is 3.86. The summed E-state index contributed by atoms with van der Waals surface area (Å²) < 4.78 is 2.55. The molecule has 1 aromatic heterocycles. The van der Waals surface area contributed by atoms with E-state index in [2.05, 4.69) is 16.6 Å². The maximum Gasteiger partial charge on any atom is 0.139 e. The normalized spacial score (nSPS) is 44.6. The Labute approximate surface area is 127 Å². The van der Waals surface area contributed by atoms with Gasteiger partial charge in [0.15, 0.2) is 0 Å². The first-order valence-electron chi connectivity index (χ1n) is 9.09. The minimum atomic E-state index is 0.383. The van der Waals surface area contributed by atoms with Gasteiger partial charge in [-0.1, -0.05) is 13.3 Å². The molecule has 1 aliphatic heterocycles. The van der Waals surface area contributed by atoms with E-state index >= 15 is 0 Å². The molecular formula is C18H27N3. The Kier molecular flexibility index (Phi) is 2.48. The molecule has 6 rings (SSSR count). The van der Waals surface area contributed by atoms with E-state index < -0.39 is 0 Å². The van der Waals surface area contributed by atoms with Crippen molar-refractivity contribution in [1.82, 2.24) is 14.8 Å². The van der Waals surface area contributed by atoms with Crippen LogP contribution < -0.4 is 0 Å². The van der Waals surface area contributed by atoms with Crippen molar-refractivity contribution in [2.45, 2.75) is 83.1 Å². The van der Waals surface area contributed by atoms with Crippen LogP contribution >= 0.6 is 0 Å². The van der Waals surface area contributed by atoms with Crippen LogP contribution in [0.25, 0.3) is 0 Å². The van der Waals surface area contributed by atoms with Gasteiger partial charge in [0.25, 0.3) is 0 Å². The van der Waals surface area contributed by atoms with Crippen molar-refractivity contribution in [3.8, 4) is 0 Å². The van der Waals surface area contributed by atoms with Crippen LogP contribution in [-0.2, 0) is 18.4 Å². The lowest BCUT2D eigenvalue weighted by Gasteiger charge is -2.60. The molecule has 2 atom stereocenters. The Morgan fingerprint density at radius 2 is 1.81 bits per heavy atom. The molecule has 2 unspecified atom stereocenters. The molecule has 114 valence electrons. The minimum absolute atomic E-state index is 0.383. The van der Waals surface area contributed by atoms with Crippen LogP contribution in [0.2, 0.25) is 0 Å². The van der Waals surface area contributed by atoms with Crippen LogP contribution in [0.5, 0.6) is 0 Å². The monoisotopic (exact) mass is 285 g/mol. The summed E-state index contributed by atoms with van der Waals surface area (Å²) in [5.41, 5.74) is 0.982. The van der Waals surface area contributed by atoms with Crippen LogP contribution in [0.4, 0.5) is 0 Å². The highest BCUT2D eigenvalue weighted by atomic mass is 15.3. The molecule has 4 fully saturated rings. The number of fused-ring (bicyclic) bond motifs is 1. The second-order valence-electron chi connectivity index (χ2n) is 8.95. The van der Waals surface area contributed by atoms with Crippen molar-refractivity contribution < 1.29 is 0 Å². The number of rotatable bonds is 1. The van der Waals surface area contributed by atoms with Gasteiger partial charge in [-0.3, -0.25) is 0 Å². The van der Waals surface area contributed by atoms with E-state index in [4.69, 9.17) is 5.10 Å². The first-order chi connectivity index (χ1) is 10.2. The largest absolute Gasteiger partial charge is 0.315 e.